The molecule has 3 heteroatoms. The number of carbonyl (C=O) groups is 1. The van der Waals surface area contributed by atoms with Gasteiger partial charge in [-0.3, -0.25) is 4.79 Å². The van der Waals surface area contributed by atoms with E-state index in [1.165, 1.54) is 5.57 Å². The van der Waals surface area contributed by atoms with Crippen molar-refractivity contribution in [1.29, 1.82) is 5.26 Å². The van der Waals surface area contributed by atoms with Crippen LogP contribution in [-0.4, -0.2) is 6.29 Å². The summed E-state index contributed by atoms with van der Waals surface area (Å²) in [6.45, 7) is 7.93. The summed E-state index contributed by atoms with van der Waals surface area (Å²) in [6, 6.07) is 7.55. The Morgan fingerprint density at radius 3 is 2.57 bits per heavy atom. The molecule has 0 fully saturated rings. The third-order valence-electron chi connectivity index (χ3n) is 3.41. The highest BCUT2D eigenvalue weighted by atomic mass is 35.5. The average Bonchev–Trinajstić information content (AvgIpc) is 2.45. The molecule has 1 rings (SSSR count). The summed E-state index contributed by atoms with van der Waals surface area (Å²) in [4.78, 5) is 11.0. The molecule has 0 N–H and O–H groups in total. The SMILES string of the molecule is CC(C)=CCC(C)(/C=C(\C)C=O)c1ccc(Cl)c(C#N)c1. The number of carbonyl (C=O) groups excluding carboxylic acids is 1. The van der Waals surface area contributed by atoms with Crippen LogP contribution in [0.15, 0.2) is 41.5 Å². The average molecular weight is 302 g/mol. The molecule has 1 aromatic carbocycles. The first-order chi connectivity index (χ1) is 9.82. The largest absolute Gasteiger partial charge is 0.298 e. The zero-order chi connectivity index (χ0) is 16.0. The van der Waals surface area contributed by atoms with Crippen molar-refractivity contribution in [2.24, 2.45) is 0 Å². The van der Waals surface area contributed by atoms with Crippen LogP contribution in [0.25, 0.3) is 0 Å². The van der Waals surface area contributed by atoms with Crippen LogP contribution in [0.3, 0.4) is 0 Å². The lowest BCUT2D eigenvalue weighted by molar-refractivity contribution is -0.104. The molecule has 0 saturated heterocycles. The molecule has 0 saturated carbocycles. The van der Waals surface area contributed by atoms with Gasteiger partial charge in [-0.1, -0.05) is 42.3 Å². The van der Waals surface area contributed by atoms with Crippen LogP contribution in [0.4, 0.5) is 0 Å². The lowest BCUT2D eigenvalue weighted by Crippen LogP contribution is -2.19. The summed E-state index contributed by atoms with van der Waals surface area (Å²) >= 11 is 6.00. The highest BCUT2D eigenvalue weighted by Gasteiger charge is 2.24. The quantitative estimate of drug-likeness (QED) is 0.437. The fourth-order valence-electron chi connectivity index (χ4n) is 2.18. The Hall–Kier alpha value is -1.85. The Morgan fingerprint density at radius 1 is 1.38 bits per heavy atom. The highest BCUT2D eigenvalue weighted by molar-refractivity contribution is 6.31. The van der Waals surface area contributed by atoms with Crippen molar-refractivity contribution in [3.8, 4) is 6.07 Å². The zero-order valence-electron chi connectivity index (χ0n) is 12.9. The monoisotopic (exact) mass is 301 g/mol. The Morgan fingerprint density at radius 2 is 2.05 bits per heavy atom. The van der Waals surface area contributed by atoms with E-state index in [0.717, 1.165) is 18.3 Å². The van der Waals surface area contributed by atoms with Crippen LogP contribution < -0.4 is 0 Å². The van der Waals surface area contributed by atoms with Crippen molar-refractivity contribution in [2.75, 3.05) is 0 Å². The Balaban J connectivity index is 3.40. The lowest BCUT2D eigenvalue weighted by Gasteiger charge is -2.26. The Bertz CT molecular complexity index is 633. The molecule has 0 heterocycles. The maximum absolute atomic E-state index is 11.0. The minimum Gasteiger partial charge on any atom is -0.298 e. The van der Waals surface area contributed by atoms with Crippen LogP contribution in [0.2, 0.25) is 5.02 Å². The summed E-state index contributed by atoms with van der Waals surface area (Å²) in [5.41, 5.74) is 2.97. The number of allylic oxidation sites excluding steroid dienone is 4. The first kappa shape index (κ1) is 17.2. The van der Waals surface area contributed by atoms with E-state index in [1.54, 1.807) is 19.1 Å². The molecule has 110 valence electrons. The normalized spacial score (nSPS) is 14.0. The predicted octanol–water partition coefficient (Wildman–Crippen LogP) is 4.97. The maximum atomic E-state index is 11.0. The lowest BCUT2D eigenvalue weighted by atomic mass is 9.77. The zero-order valence-corrected chi connectivity index (χ0v) is 13.7. The van der Waals surface area contributed by atoms with E-state index in [9.17, 15) is 4.79 Å². The summed E-state index contributed by atoms with van der Waals surface area (Å²) < 4.78 is 0. The number of hydrogen-bond donors (Lipinski definition) is 0. The molecule has 0 aliphatic heterocycles. The summed E-state index contributed by atoms with van der Waals surface area (Å²) in [5, 5.41) is 9.58. The molecular weight excluding hydrogens is 282 g/mol. The van der Waals surface area contributed by atoms with Crippen LogP contribution in [-0.2, 0) is 10.2 Å². The summed E-state index contributed by atoms with van der Waals surface area (Å²) in [6.07, 6.45) is 5.69. The van der Waals surface area contributed by atoms with Gasteiger partial charge < -0.3 is 0 Å². The van der Waals surface area contributed by atoms with E-state index in [1.807, 2.05) is 26.0 Å². The molecule has 0 aliphatic rings. The van der Waals surface area contributed by atoms with E-state index >= 15 is 0 Å². The van der Waals surface area contributed by atoms with Crippen LogP contribution >= 0.6 is 11.6 Å². The minimum absolute atomic E-state index is 0.349. The molecule has 0 spiro atoms. The van der Waals surface area contributed by atoms with E-state index in [0.29, 0.717) is 16.2 Å². The number of benzene rings is 1. The van der Waals surface area contributed by atoms with Crippen molar-refractivity contribution in [2.45, 2.75) is 39.5 Å². The van der Waals surface area contributed by atoms with Gasteiger partial charge in [-0.25, -0.2) is 0 Å². The summed E-state index contributed by atoms with van der Waals surface area (Å²) in [7, 11) is 0. The van der Waals surface area contributed by atoms with Gasteiger partial charge in [0.05, 0.1) is 10.6 Å². The number of halogens is 1. The van der Waals surface area contributed by atoms with Crippen molar-refractivity contribution >= 4 is 17.9 Å². The number of rotatable bonds is 5. The molecule has 21 heavy (non-hydrogen) atoms. The fraction of sp³-hybridized carbons (Fsp3) is 0.333. The number of nitrogens with zero attached hydrogens (tertiary/aromatic N) is 1. The molecule has 1 aromatic rings. The van der Waals surface area contributed by atoms with Gasteiger partial charge in [0, 0.05) is 5.41 Å². The smallest absolute Gasteiger partial charge is 0.145 e. The first-order valence-corrected chi connectivity index (χ1v) is 7.18. The van der Waals surface area contributed by atoms with Crippen molar-refractivity contribution in [1.82, 2.24) is 0 Å². The Labute approximate surface area is 131 Å². The second-order valence-electron chi connectivity index (χ2n) is 5.72. The van der Waals surface area contributed by atoms with Crippen molar-refractivity contribution in [3.63, 3.8) is 0 Å². The van der Waals surface area contributed by atoms with Crippen LogP contribution in [0.5, 0.6) is 0 Å². The van der Waals surface area contributed by atoms with Gasteiger partial charge in [-0.2, -0.15) is 5.26 Å². The van der Waals surface area contributed by atoms with E-state index < -0.39 is 0 Å². The van der Waals surface area contributed by atoms with Crippen molar-refractivity contribution < 1.29 is 4.79 Å². The molecule has 1 unspecified atom stereocenters. The molecule has 0 radical (unpaired) electrons. The van der Waals surface area contributed by atoms with E-state index in [-0.39, 0.29) is 5.41 Å². The number of hydrogen-bond acceptors (Lipinski definition) is 2. The van der Waals surface area contributed by atoms with Crippen LogP contribution in [0, 0.1) is 11.3 Å². The molecule has 0 amide bonds. The molecule has 0 aliphatic carbocycles. The van der Waals surface area contributed by atoms with Crippen LogP contribution in [0.1, 0.15) is 45.2 Å². The summed E-state index contributed by atoms with van der Waals surface area (Å²) in [5.74, 6) is 0. The van der Waals surface area contributed by atoms with Gasteiger partial charge in [0.25, 0.3) is 0 Å². The third-order valence-corrected chi connectivity index (χ3v) is 3.74. The van der Waals surface area contributed by atoms with Gasteiger partial charge >= 0.3 is 0 Å². The predicted molar refractivity (Wildman–Crippen MR) is 87.4 cm³/mol. The molecule has 0 aromatic heterocycles. The second kappa shape index (κ2) is 7.24. The second-order valence-corrected chi connectivity index (χ2v) is 6.12. The number of nitriles is 1. The standard InChI is InChI=1S/C18H20ClNO/c1-13(2)7-8-18(4,10-14(3)12-21)16-5-6-17(19)15(9-16)11-20/h5-7,9-10,12H,8H2,1-4H3/b14-10+. The fourth-order valence-corrected chi connectivity index (χ4v) is 2.34. The van der Waals surface area contributed by atoms with Gasteiger partial charge in [0.2, 0.25) is 0 Å². The third kappa shape index (κ3) is 4.58. The van der Waals surface area contributed by atoms with E-state index in [4.69, 9.17) is 16.9 Å². The molecule has 0 bridgehead atoms. The Kier molecular flexibility index (Phi) is 5.93. The van der Waals surface area contributed by atoms with Crippen molar-refractivity contribution in [3.05, 3.63) is 57.6 Å². The van der Waals surface area contributed by atoms with Gasteiger partial charge in [0.1, 0.15) is 12.4 Å². The molecule has 1 atom stereocenters. The van der Waals surface area contributed by atoms with Gasteiger partial charge in [-0.05, 0) is 50.5 Å². The topological polar surface area (TPSA) is 40.9 Å². The van der Waals surface area contributed by atoms with E-state index in [2.05, 4.69) is 19.1 Å². The van der Waals surface area contributed by atoms with Gasteiger partial charge in [-0.15, -0.1) is 0 Å². The minimum atomic E-state index is -0.349. The first-order valence-electron chi connectivity index (χ1n) is 6.80. The van der Waals surface area contributed by atoms with Gasteiger partial charge in [0.15, 0.2) is 0 Å². The molecule has 2 nitrogen and oxygen atoms in total. The number of aldehydes is 1. The highest BCUT2D eigenvalue weighted by Crippen LogP contribution is 2.33. The molecular formula is C18H20ClNO. The maximum Gasteiger partial charge on any atom is 0.145 e.